The molecule has 17 nitrogen and oxygen atoms in total. The molecule has 3 aromatic rings. The van der Waals surface area contributed by atoms with Crippen molar-refractivity contribution in [1.82, 2.24) is 30.2 Å². The van der Waals surface area contributed by atoms with Crippen LogP contribution in [-0.4, -0.2) is 119 Å². The molecule has 4 amide bonds. The van der Waals surface area contributed by atoms with Crippen molar-refractivity contribution in [3.05, 3.63) is 54.7 Å². The van der Waals surface area contributed by atoms with Crippen LogP contribution in [0.15, 0.2) is 54.7 Å². The Hall–Kier alpha value is -5.70. The zero-order chi connectivity index (χ0) is 49.6. The lowest BCUT2D eigenvalue weighted by Crippen LogP contribution is -2.61. The van der Waals surface area contributed by atoms with Gasteiger partial charge in [0.25, 0.3) is 5.91 Å². The minimum atomic E-state index is -4.97. The molecular formula is C47H65F3N6O11S. The van der Waals surface area contributed by atoms with Gasteiger partial charge in [-0.25, -0.2) is 18.2 Å². The summed E-state index contributed by atoms with van der Waals surface area (Å²) >= 11 is 0. The second-order valence-electron chi connectivity index (χ2n) is 19.0. The first-order valence-electron chi connectivity index (χ1n) is 22.8. The number of halogens is 3. The van der Waals surface area contributed by atoms with Gasteiger partial charge >= 0.3 is 12.3 Å². The molecule has 2 saturated carbocycles. The molecule has 4 aliphatic rings. The van der Waals surface area contributed by atoms with Gasteiger partial charge in [-0.3, -0.25) is 24.1 Å². The van der Waals surface area contributed by atoms with Gasteiger partial charge in [0.15, 0.2) is 0 Å². The van der Waals surface area contributed by atoms with Crippen LogP contribution in [0, 0.1) is 5.92 Å². The standard InChI is InChI=1S/C47H59F3N6O11S.3H2/c1-9-37-38(53-43(60)67-44(5,6)47(48,49)50)41(58)56-25-32(66-40-33-16-14-30(63-8)20-28(33)21-35(52-40)34-17-15-31(24-51-34)64-26(2)3)22-36(56)39(57)54-46(23-29(46)13-11-10-12-27(4)65-37)42(59)55-68(61,62)45(7)18-19-45;;;/h11,13-17,20-21,24,26-27,29,32,36-38H,9-10,12,18-19,22-23,25H2,1-8H3,(H,53,60)(H,54,57)(H,55,59);3*1H/b13-11-;;;/t27-,29-,32-,36+,37+,38+,46-;;;/m1.../s1. The van der Waals surface area contributed by atoms with Crippen LogP contribution in [0.25, 0.3) is 22.2 Å². The number of benzene rings is 1. The molecule has 68 heavy (non-hydrogen) atoms. The molecule has 0 bridgehead atoms. The summed E-state index contributed by atoms with van der Waals surface area (Å²) in [6.45, 7) is 9.72. The van der Waals surface area contributed by atoms with Crippen LogP contribution in [0.5, 0.6) is 17.4 Å². The molecule has 4 heterocycles. The molecule has 0 spiro atoms. The van der Waals surface area contributed by atoms with E-state index in [1.165, 1.54) is 14.0 Å². The number of alkyl halides is 3. The minimum absolute atomic E-state index is 0. The Morgan fingerprint density at radius 2 is 1.81 bits per heavy atom. The summed E-state index contributed by atoms with van der Waals surface area (Å²) < 4.78 is 98.6. The fourth-order valence-electron chi connectivity index (χ4n) is 8.33. The first-order valence-corrected chi connectivity index (χ1v) is 24.2. The highest BCUT2D eigenvalue weighted by Gasteiger charge is 2.63. The van der Waals surface area contributed by atoms with Gasteiger partial charge in [0.1, 0.15) is 35.2 Å². The van der Waals surface area contributed by atoms with Crippen molar-refractivity contribution in [2.24, 2.45) is 5.92 Å². The summed E-state index contributed by atoms with van der Waals surface area (Å²) in [4.78, 5) is 67.9. The van der Waals surface area contributed by atoms with Gasteiger partial charge in [0.05, 0.1) is 54.3 Å². The smallest absolute Gasteiger partial charge is 0.427 e. The van der Waals surface area contributed by atoms with Crippen molar-refractivity contribution in [2.75, 3.05) is 13.7 Å². The second-order valence-corrected chi connectivity index (χ2v) is 21.2. The fourth-order valence-corrected chi connectivity index (χ4v) is 9.64. The molecular weight excluding hydrogens is 914 g/mol. The third-order valence-electron chi connectivity index (χ3n) is 13.0. The predicted octanol–water partition coefficient (Wildman–Crippen LogP) is 7.02. The average molecular weight is 979 g/mol. The van der Waals surface area contributed by atoms with Gasteiger partial charge in [-0.2, -0.15) is 13.2 Å². The number of sulfonamides is 1. The van der Waals surface area contributed by atoms with E-state index in [-0.39, 0.29) is 42.1 Å². The Labute approximate surface area is 397 Å². The zero-order valence-electron chi connectivity index (χ0n) is 39.3. The number of allylic oxidation sites excluding steroid dienone is 1. The van der Waals surface area contributed by atoms with E-state index in [1.807, 2.05) is 13.8 Å². The number of hydrogen-bond donors (Lipinski definition) is 3. The number of rotatable bonds is 12. The van der Waals surface area contributed by atoms with Gasteiger partial charge in [-0.05, 0) is 122 Å². The van der Waals surface area contributed by atoms with Crippen LogP contribution in [0.4, 0.5) is 18.0 Å². The normalized spacial score (nSPS) is 26.9. The molecule has 7 atom stereocenters. The number of amides is 4. The topological polar surface area (TPSA) is 214 Å². The highest BCUT2D eigenvalue weighted by atomic mass is 32.2. The van der Waals surface area contributed by atoms with Crippen molar-refractivity contribution in [3.63, 3.8) is 0 Å². The summed E-state index contributed by atoms with van der Waals surface area (Å²) in [7, 11) is -2.62. The molecule has 3 fully saturated rings. The number of methoxy groups -OCH3 is 1. The number of pyridine rings is 2. The zero-order valence-corrected chi connectivity index (χ0v) is 40.1. The van der Waals surface area contributed by atoms with Gasteiger partial charge in [0, 0.05) is 22.0 Å². The molecule has 3 N–H and O–H groups in total. The van der Waals surface area contributed by atoms with Crippen LogP contribution in [0.1, 0.15) is 97.7 Å². The predicted molar refractivity (Wildman–Crippen MR) is 248 cm³/mol. The van der Waals surface area contributed by atoms with E-state index in [4.69, 9.17) is 28.7 Å². The maximum atomic E-state index is 15.1. The Morgan fingerprint density at radius 1 is 1.09 bits per heavy atom. The molecule has 0 unspecified atom stereocenters. The van der Waals surface area contributed by atoms with E-state index in [9.17, 15) is 36.0 Å². The van der Waals surface area contributed by atoms with E-state index in [1.54, 1.807) is 68.6 Å². The first-order chi connectivity index (χ1) is 31.9. The number of aromatic nitrogens is 2. The van der Waals surface area contributed by atoms with Crippen LogP contribution >= 0.6 is 0 Å². The van der Waals surface area contributed by atoms with Gasteiger partial charge in [-0.15, -0.1) is 0 Å². The number of nitrogens with zero attached hydrogens (tertiary/aromatic N) is 3. The summed E-state index contributed by atoms with van der Waals surface area (Å²) in [5.74, 6) is -2.13. The Bertz CT molecular complexity index is 2570. The average Bonchev–Trinajstić information content (AvgIpc) is 4.15. The SMILES string of the molecule is CC[C@@H]1O[C@H](C)CC/C=C\[C@@H]2C[C@@]2(C(=O)NS(=O)(=O)C2(C)CC2)NC(=O)[C@@H]2C[C@@H](Oc3nc(-c4ccc(OC(C)C)cn4)cc4cc(OC)ccc34)CN2C(=O)[C@H]1NC(=O)OC(C)(C)C(F)(F)F.[HH].[HH].[HH]. The molecule has 1 saturated heterocycles. The van der Waals surface area contributed by atoms with Crippen LogP contribution in [-0.2, 0) is 33.9 Å². The molecule has 376 valence electrons. The van der Waals surface area contributed by atoms with Gasteiger partial charge in [-0.1, -0.05) is 19.1 Å². The van der Waals surface area contributed by atoms with Crippen LogP contribution < -0.4 is 29.6 Å². The highest BCUT2D eigenvalue weighted by Crippen LogP contribution is 2.48. The Morgan fingerprint density at radius 3 is 2.44 bits per heavy atom. The molecule has 2 aromatic heterocycles. The largest absolute Gasteiger partial charge is 0.497 e. The Balaban J connectivity index is 0.00000365. The van der Waals surface area contributed by atoms with Gasteiger partial charge in [0.2, 0.25) is 33.3 Å². The number of carbonyl (C=O) groups is 4. The van der Waals surface area contributed by atoms with Crippen molar-refractivity contribution < 1.29 is 68.7 Å². The molecule has 2 aliphatic heterocycles. The van der Waals surface area contributed by atoms with Crippen molar-refractivity contribution in [2.45, 2.75) is 152 Å². The molecule has 0 radical (unpaired) electrons. The number of nitrogens with one attached hydrogen (secondary N) is 3. The number of ether oxygens (including phenoxy) is 5. The number of alkyl carbamates (subject to hydrolysis) is 1. The number of hydrogen-bond acceptors (Lipinski definition) is 13. The molecule has 21 heteroatoms. The van der Waals surface area contributed by atoms with Crippen molar-refractivity contribution >= 4 is 44.6 Å². The van der Waals surface area contributed by atoms with Gasteiger partial charge < -0.3 is 39.2 Å². The summed E-state index contributed by atoms with van der Waals surface area (Å²) in [6.07, 6.45) is -2.80. The second kappa shape index (κ2) is 19.0. The fraction of sp³-hybridized carbons (Fsp3) is 0.574. The third-order valence-corrected chi connectivity index (χ3v) is 15.1. The van der Waals surface area contributed by atoms with Crippen LogP contribution in [0.2, 0.25) is 0 Å². The van der Waals surface area contributed by atoms with E-state index < -0.39 is 92.2 Å². The first kappa shape index (κ1) is 50.2. The van der Waals surface area contributed by atoms with E-state index in [0.717, 1.165) is 4.90 Å². The van der Waals surface area contributed by atoms with E-state index in [2.05, 4.69) is 20.3 Å². The molecule has 1 aromatic carbocycles. The van der Waals surface area contributed by atoms with E-state index in [0.29, 0.717) is 73.2 Å². The maximum absolute atomic E-state index is 15.1. The number of carbonyl (C=O) groups excluding carboxylic acids is 4. The lowest BCUT2D eigenvalue weighted by atomic mass is 10.0. The summed E-state index contributed by atoms with van der Waals surface area (Å²) in [5, 5.41) is 6.31. The maximum Gasteiger partial charge on any atom is 0.427 e. The van der Waals surface area contributed by atoms with Crippen molar-refractivity contribution in [1.29, 1.82) is 0 Å². The lowest BCUT2D eigenvalue weighted by molar-refractivity contribution is -0.244. The van der Waals surface area contributed by atoms with Crippen molar-refractivity contribution in [3.8, 4) is 28.8 Å². The molecule has 2 aliphatic carbocycles. The third kappa shape index (κ3) is 10.6. The quantitative estimate of drug-likeness (QED) is 0.156. The minimum Gasteiger partial charge on any atom is -0.497 e. The van der Waals surface area contributed by atoms with E-state index >= 15 is 4.79 Å². The number of fused-ring (bicyclic) bond motifs is 3. The lowest BCUT2D eigenvalue weighted by Gasteiger charge is -2.35. The summed E-state index contributed by atoms with van der Waals surface area (Å²) in [6, 6.07) is 7.37. The monoisotopic (exact) mass is 978 g/mol. The highest BCUT2D eigenvalue weighted by molar-refractivity contribution is 7.91. The van der Waals surface area contributed by atoms with Crippen LogP contribution in [0.3, 0.4) is 0 Å². The summed E-state index contributed by atoms with van der Waals surface area (Å²) in [5.41, 5.74) is -3.80. The Kier molecular flexibility index (Phi) is 14.0. The molecule has 7 rings (SSSR count).